The summed E-state index contributed by atoms with van der Waals surface area (Å²) in [6.07, 6.45) is 1.79. The van der Waals surface area contributed by atoms with Crippen LogP contribution in [0.3, 0.4) is 0 Å². The summed E-state index contributed by atoms with van der Waals surface area (Å²) in [4.78, 5) is 22.0. The van der Waals surface area contributed by atoms with Crippen molar-refractivity contribution in [1.29, 1.82) is 0 Å². The Morgan fingerprint density at radius 1 is 1.50 bits per heavy atom. The predicted molar refractivity (Wildman–Crippen MR) is 65.4 cm³/mol. The third-order valence-corrected chi connectivity index (χ3v) is 2.63. The van der Waals surface area contributed by atoms with Crippen LogP contribution in [0.1, 0.15) is 12.7 Å². The molecule has 1 aromatic rings. The molecule has 0 aliphatic carbocycles. The number of rotatable bonds is 4. The summed E-state index contributed by atoms with van der Waals surface area (Å²) in [6, 6.07) is 1.85. The van der Waals surface area contributed by atoms with E-state index >= 15 is 0 Å². The molecule has 1 aromatic heterocycles. The molecule has 2 rings (SSSR count). The van der Waals surface area contributed by atoms with Gasteiger partial charge in [-0.2, -0.15) is 0 Å². The largest absolute Gasteiger partial charge is 0.466 e. The second kappa shape index (κ2) is 6.30. The first-order valence-corrected chi connectivity index (χ1v) is 6.10. The van der Waals surface area contributed by atoms with Crippen molar-refractivity contribution in [3.8, 4) is 0 Å². The maximum Gasteiger partial charge on any atom is 0.313 e. The van der Waals surface area contributed by atoms with Crippen molar-refractivity contribution in [3.63, 3.8) is 0 Å². The lowest BCUT2D eigenvalue weighted by Gasteiger charge is -2.27. The van der Waals surface area contributed by atoms with Gasteiger partial charge in [0.2, 0.25) is 0 Å². The Morgan fingerprint density at radius 3 is 3.00 bits per heavy atom. The van der Waals surface area contributed by atoms with E-state index in [1.165, 1.54) is 0 Å². The molecule has 0 unspecified atom stereocenters. The third kappa shape index (κ3) is 3.40. The first kappa shape index (κ1) is 12.8. The molecule has 18 heavy (non-hydrogen) atoms. The Balaban J connectivity index is 2.02. The minimum Gasteiger partial charge on any atom is -0.466 e. The van der Waals surface area contributed by atoms with Gasteiger partial charge in [0.25, 0.3) is 0 Å². The van der Waals surface area contributed by atoms with Crippen LogP contribution in [0, 0.1) is 0 Å². The van der Waals surface area contributed by atoms with Crippen molar-refractivity contribution in [2.75, 3.05) is 37.8 Å². The Bertz CT molecular complexity index is 405. The molecule has 0 bridgehead atoms. The zero-order valence-corrected chi connectivity index (χ0v) is 10.5. The first-order valence-electron chi connectivity index (χ1n) is 6.10. The predicted octanol–water partition coefficient (Wildman–Crippen LogP) is 0.419. The highest BCUT2D eigenvalue weighted by atomic mass is 16.5. The van der Waals surface area contributed by atoms with Gasteiger partial charge in [0.1, 0.15) is 18.1 Å². The van der Waals surface area contributed by atoms with Gasteiger partial charge in [-0.25, -0.2) is 9.97 Å². The minimum atomic E-state index is -0.295. The van der Waals surface area contributed by atoms with Gasteiger partial charge in [0.05, 0.1) is 19.8 Å². The van der Waals surface area contributed by atoms with Gasteiger partial charge in [-0.05, 0) is 13.0 Å². The van der Waals surface area contributed by atoms with Crippen molar-refractivity contribution in [1.82, 2.24) is 9.97 Å². The van der Waals surface area contributed by atoms with Crippen molar-refractivity contribution in [2.45, 2.75) is 13.3 Å². The molecule has 0 saturated carbocycles. The van der Waals surface area contributed by atoms with Gasteiger partial charge in [0, 0.05) is 19.3 Å². The van der Waals surface area contributed by atoms with E-state index in [9.17, 15) is 4.79 Å². The fourth-order valence-corrected chi connectivity index (χ4v) is 1.78. The Morgan fingerprint density at radius 2 is 2.28 bits per heavy atom. The lowest BCUT2D eigenvalue weighted by atomic mass is 10.3. The molecule has 0 aromatic carbocycles. The van der Waals surface area contributed by atoms with Crippen LogP contribution < -0.4 is 4.90 Å². The van der Waals surface area contributed by atoms with Gasteiger partial charge in [0.15, 0.2) is 0 Å². The van der Waals surface area contributed by atoms with Crippen molar-refractivity contribution < 1.29 is 14.3 Å². The lowest BCUT2D eigenvalue weighted by molar-refractivity contribution is -0.142. The van der Waals surface area contributed by atoms with Crippen LogP contribution in [0.25, 0.3) is 0 Å². The molecule has 0 atom stereocenters. The van der Waals surface area contributed by atoms with E-state index in [2.05, 4.69) is 14.9 Å². The van der Waals surface area contributed by atoms with E-state index in [1.807, 2.05) is 6.07 Å². The van der Waals surface area contributed by atoms with Gasteiger partial charge < -0.3 is 14.4 Å². The molecule has 0 amide bonds. The molecule has 2 heterocycles. The van der Waals surface area contributed by atoms with E-state index in [4.69, 9.17) is 9.47 Å². The van der Waals surface area contributed by atoms with Crippen LogP contribution in [0.5, 0.6) is 0 Å². The summed E-state index contributed by atoms with van der Waals surface area (Å²) in [5, 5.41) is 0. The zero-order valence-electron chi connectivity index (χ0n) is 10.5. The Kier molecular flexibility index (Phi) is 4.46. The number of morpholine rings is 1. The van der Waals surface area contributed by atoms with E-state index in [0.717, 1.165) is 18.9 Å². The molecule has 6 nitrogen and oxygen atoms in total. The van der Waals surface area contributed by atoms with Crippen molar-refractivity contribution in [3.05, 3.63) is 18.1 Å². The summed E-state index contributed by atoms with van der Waals surface area (Å²) in [5.41, 5.74) is 0. The molecular formula is C12H17N3O3. The van der Waals surface area contributed by atoms with E-state index < -0.39 is 0 Å². The standard InChI is InChI=1S/C12H17N3O3/c1-2-18-12(16)9-10-13-4-3-11(14-10)15-5-7-17-8-6-15/h3-4H,2,5-9H2,1H3. The smallest absolute Gasteiger partial charge is 0.313 e. The maximum atomic E-state index is 11.4. The van der Waals surface area contributed by atoms with E-state index in [1.54, 1.807) is 13.1 Å². The maximum absolute atomic E-state index is 11.4. The molecule has 0 spiro atoms. The SMILES string of the molecule is CCOC(=O)Cc1nccc(N2CCOCC2)n1. The second-order valence-electron chi connectivity index (χ2n) is 3.91. The number of ether oxygens (including phenoxy) is 2. The Hall–Kier alpha value is -1.69. The second-order valence-corrected chi connectivity index (χ2v) is 3.91. The van der Waals surface area contributed by atoms with Gasteiger partial charge in [-0.3, -0.25) is 4.79 Å². The highest BCUT2D eigenvalue weighted by Gasteiger charge is 2.14. The molecule has 98 valence electrons. The normalized spacial score (nSPS) is 15.5. The van der Waals surface area contributed by atoms with Crippen LogP contribution in [0.2, 0.25) is 0 Å². The molecule has 1 aliphatic heterocycles. The van der Waals surface area contributed by atoms with Crippen molar-refractivity contribution >= 4 is 11.8 Å². The van der Waals surface area contributed by atoms with Crippen LogP contribution in [-0.4, -0.2) is 48.8 Å². The van der Waals surface area contributed by atoms with Gasteiger partial charge >= 0.3 is 5.97 Å². The number of carbonyl (C=O) groups is 1. The summed E-state index contributed by atoms with van der Waals surface area (Å²) in [7, 11) is 0. The summed E-state index contributed by atoms with van der Waals surface area (Å²) >= 11 is 0. The minimum absolute atomic E-state index is 0.117. The molecule has 1 aliphatic rings. The van der Waals surface area contributed by atoms with Crippen molar-refractivity contribution in [2.24, 2.45) is 0 Å². The Labute approximate surface area is 106 Å². The number of aromatic nitrogens is 2. The third-order valence-electron chi connectivity index (χ3n) is 2.63. The van der Waals surface area contributed by atoms with Crippen LogP contribution in [0.4, 0.5) is 5.82 Å². The number of carbonyl (C=O) groups excluding carboxylic acids is 1. The van der Waals surface area contributed by atoms with E-state index in [-0.39, 0.29) is 12.4 Å². The molecule has 1 fully saturated rings. The topological polar surface area (TPSA) is 64.5 Å². The molecule has 1 saturated heterocycles. The lowest BCUT2D eigenvalue weighted by Crippen LogP contribution is -2.37. The number of nitrogens with zero attached hydrogens (tertiary/aromatic N) is 3. The highest BCUT2D eigenvalue weighted by Crippen LogP contribution is 2.12. The average molecular weight is 251 g/mol. The monoisotopic (exact) mass is 251 g/mol. The fraction of sp³-hybridized carbons (Fsp3) is 0.583. The fourth-order valence-electron chi connectivity index (χ4n) is 1.78. The number of hydrogen-bond donors (Lipinski definition) is 0. The summed E-state index contributed by atoms with van der Waals surface area (Å²) in [6.45, 7) is 5.20. The quantitative estimate of drug-likeness (QED) is 0.723. The molecule has 0 N–H and O–H groups in total. The summed E-state index contributed by atoms with van der Waals surface area (Å²) < 4.78 is 10.2. The van der Waals surface area contributed by atoms with Crippen LogP contribution in [-0.2, 0) is 20.7 Å². The number of esters is 1. The van der Waals surface area contributed by atoms with Gasteiger partial charge in [-0.15, -0.1) is 0 Å². The van der Waals surface area contributed by atoms with Gasteiger partial charge in [-0.1, -0.05) is 0 Å². The highest BCUT2D eigenvalue weighted by molar-refractivity contribution is 5.71. The number of hydrogen-bond acceptors (Lipinski definition) is 6. The van der Waals surface area contributed by atoms with Crippen LogP contribution >= 0.6 is 0 Å². The summed E-state index contributed by atoms with van der Waals surface area (Å²) in [5.74, 6) is 1.04. The average Bonchev–Trinajstić information content (AvgIpc) is 2.40. The van der Waals surface area contributed by atoms with Crippen LogP contribution in [0.15, 0.2) is 12.3 Å². The number of anilines is 1. The first-order chi connectivity index (χ1) is 8.79. The van der Waals surface area contributed by atoms with E-state index in [0.29, 0.717) is 25.6 Å². The molecule has 0 radical (unpaired) electrons. The molecular weight excluding hydrogens is 234 g/mol. The molecule has 6 heteroatoms. The zero-order chi connectivity index (χ0) is 12.8.